The van der Waals surface area contributed by atoms with Crippen LogP contribution in [0.15, 0.2) is 34.7 Å². The molecule has 4 nitrogen and oxygen atoms in total. The molecule has 0 atom stereocenters. The Hall–Kier alpha value is -2.10. The van der Waals surface area contributed by atoms with Crippen molar-refractivity contribution in [2.24, 2.45) is 0 Å². The van der Waals surface area contributed by atoms with Crippen molar-refractivity contribution in [3.05, 3.63) is 41.8 Å². The van der Waals surface area contributed by atoms with E-state index in [-0.39, 0.29) is 23.8 Å². The molecule has 4 heteroatoms. The van der Waals surface area contributed by atoms with Crippen molar-refractivity contribution in [3.63, 3.8) is 0 Å². The fourth-order valence-electron chi connectivity index (χ4n) is 1.38. The van der Waals surface area contributed by atoms with Crippen LogP contribution in [0.3, 0.4) is 0 Å². The lowest BCUT2D eigenvalue weighted by Crippen LogP contribution is -2.05. The van der Waals surface area contributed by atoms with Crippen LogP contribution in [-0.2, 0) is 16.0 Å². The van der Waals surface area contributed by atoms with Gasteiger partial charge in [-0.1, -0.05) is 18.2 Å². The number of oxazole rings is 1. The zero-order valence-corrected chi connectivity index (χ0v) is 9.27. The highest BCUT2D eigenvalue weighted by Gasteiger charge is 2.14. The Morgan fingerprint density at radius 1 is 1.47 bits per heavy atom. The number of nitrogens with zero attached hydrogens (tertiary/aromatic N) is 1. The maximum absolute atomic E-state index is 11.3. The summed E-state index contributed by atoms with van der Waals surface area (Å²) in [5.74, 6) is -0.666. The van der Waals surface area contributed by atoms with Crippen LogP contribution in [0, 0.1) is 6.85 Å². The maximum atomic E-state index is 11.3. The van der Waals surface area contributed by atoms with Gasteiger partial charge >= 0.3 is 5.97 Å². The van der Waals surface area contributed by atoms with Gasteiger partial charge in [0.25, 0.3) is 0 Å². The predicted octanol–water partition coefficient (Wildman–Crippen LogP) is 2.37. The van der Waals surface area contributed by atoms with E-state index >= 15 is 0 Å². The number of aromatic nitrogens is 1. The molecule has 0 bridgehead atoms. The van der Waals surface area contributed by atoms with E-state index in [1.807, 2.05) is 6.07 Å². The molecule has 1 aromatic carbocycles. The monoisotopic (exact) mass is 234 g/mol. The van der Waals surface area contributed by atoms with Crippen molar-refractivity contribution in [2.75, 3.05) is 7.11 Å². The number of rotatable bonds is 3. The summed E-state index contributed by atoms with van der Waals surface area (Å²) in [7, 11) is 1.23. The summed E-state index contributed by atoms with van der Waals surface area (Å²) in [6, 6.07) is 8.89. The third-order valence-electron chi connectivity index (χ3n) is 2.26. The predicted molar refractivity (Wildman–Crippen MR) is 62.4 cm³/mol. The standard InChI is InChI=1S/C13H13NO3/c1-9-11(8-12(15)16-2)14-13(17-9)10-6-4-3-5-7-10/h3-7H,8H2,1-2H3/i1D3. The number of methoxy groups -OCH3 is 1. The zero-order valence-electron chi connectivity index (χ0n) is 12.3. The van der Waals surface area contributed by atoms with Gasteiger partial charge in [0.05, 0.1) is 19.2 Å². The molecule has 0 saturated carbocycles. The minimum Gasteiger partial charge on any atom is -0.469 e. The van der Waals surface area contributed by atoms with Crippen LogP contribution in [0.5, 0.6) is 0 Å². The Balaban J connectivity index is 2.45. The third kappa shape index (κ3) is 2.53. The van der Waals surface area contributed by atoms with Gasteiger partial charge in [0.15, 0.2) is 0 Å². The average molecular weight is 234 g/mol. The van der Waals surface area contributed by atoms with Crippen molar-refractivity contribution in [3.8, 4) is 11.5 Å². The Bertz CT molecular complexity index is 605. The first-order valence-corrected chi connectivity index (χ1v) is 5.04. The van der Waals surface area contributed by atoms with Gasteiger partial charge in [0.2, 0.25) is 5.89 Å². The van der Waals surface area contributed by atoms with Gasteiger partial charge in [-0.05, 0) is 19.0 Å². The number of hydrogen-bond donors (Lipinski definition) is 0. The molecule has 0 fully saturated rings. The van der Waals surface area contributed by atoms with Crippen molar-refractivity contribution in [2.45, 2.75) is 13.3 Å². The smallest absolute Gasteiger partial charge is 0.311 e. The Kier molecular flexibility index (Phi) is 2.29. The Morgan fingerprint density at radius 2 is 2.24 bits per heavy atom. The molecule has 17 heavy (non-hydrogen) atoms. The van der Waals surface area contributed by atoms with E-state index in [1.54, 1.807) is 24.3 Å². The largest absolute Gasteiger partial charge is 0.469 e. The first kappa shape index (κ1) is 8.06. The minimum absolute atomic E-state index is 0.0794. The van der Waals surface area contributed by atoms with Crippen LogP contribution in [0.4, 0.5) is 0 Å². The lowest BCUT2D eigenvalue weighted by Gasteiger charge is -1.94. The topological polar surface area (TPSA) is 52.3 Å². The number of aryl methyl sites for hydroxylation is 1. The first-order chi connectivity index (χ1) is 9.41. The molecule has 1 heterocycles. The van der Waals surface area contributed by atoms with Crippen LogP contribution in [0.1, 0.15) is 15.6 Å². The molecule has 0 spiro atoms. The molecule has 0 aliphatic heterocycles. The molecular weight excluding hydrogens is 218 g/mol. The van der Waals surface area contributed by atoms with Gasteiger partial charge in [-0.2, -0.15) is 0 Å². The summed E-state index contributed by atoms with van der Waals surface area (Å²) in [6.45, 7) is -2.47. The Morgan fingerprint density at radius 3 is 2.88 bits per heavy atom. The summed E-state index contributed by atoms with van der Waals surface area (Å²) in [6.07, 6.45) is -0.236. The summed E-state index contributed by atoms with van der Waals surface area (Å²) < 4.78 is 32.2. The van der Waals surface area contributed by atoms with Gasteiger partial charge in [0, 0.05) is 9.68 Å². The van der Waals surface area contributed by atoms with E-state index in [0.29, 0.717) is 5.56 Å². The second-order valence-corrected chi connectivity index (χ2v) is 3.41. The summed E-state index contributed by atoms with van der Waals surface area (Å²) in [5, 5.41) is 0. The molecule has 2 aromatic rings. The molecule has 0 N–H and O–H groups in total. The molecule has 0 aliphatic rings. The van der Waals surface area contributed by atoms with Crippen LogP contribution in [0.2, 0.25) is 0 Å². The lowest BCUT2D eigenvalue weighted by atomic mass is 10.2. The van der Waals surface area contributed by atoms with Gasteiger partial charge in [-0.15, -0.1) is 0 Å². The zero-order chi connectivity index (χ0) is 14.8. The van der Waals surface area contributed by atoms with Gasteiger partial charge in [0.1, 0.15) is 5.76 Å². The molecule has 1 aromatic heterocycles. The van der Waals surface area contributed by atoms with Crippen LogP contribution in [-0.4, -0.2) is 18.1 Å². The molecular formula is C13H13NO3. The number of esters is 1. The van der Waals surface area contributed by atoms with E-state index in [1.165, 1.54) is 7.11 Å². The quantitative estimate of drug-likeness (QED) is 0.765. The second kappa shape index (κ2) is 4.82. The number of hydrogen-bond acceptors (Lipinski definition) is 4. The van der Waals surface area contributed by atoms with E-state index in [0.717, 1.165) is 0 Å². The van der Waals surface area contributed by atoms with E-state index < -0.39 is 12.8 Å². The van der Waals surface area contributed by atoms with Crippen LogP contribution >= 0.6 is 0 Å². The van der Waals surface area contributed by atoms with Crippen LogP contribution in [0.25, 0.3) is 11.5 Å². The highest BCUT2D eigenvalue weighted by Crippen LogP contribution is 2.21. The van der Waals surface area contributed by atoms with Crippen molar-refractivity contribution < 1.29 is 18.1 Å². The van der Waals surface area contributed by atoms with Crippen molar-refractivity contribution >= 4 is 5.97 Å². The van der Waals surface area contributed by atoms with E-state index in [2.05, 4.69) is 9.72 Å². The lowest BCUT2D eigenvalue weighted by molar-refractivity contribution is -0.139. The van der Waals surface area contributed by atoms with Crippen molar-refractivity contribution in [1.29, 1.82) is 0 Å². The number of ether oxygens (including phenoxy) is 1. The maximum Gasteiger partial charge on any atom is 0.311 e. The molecule has 88 valence electrons. The molecule has 0 saturated heterocycles. The molecule has 0 aliphatic carbocycles. The van der Waals surface area contributed by atoms with E-state index in [4.69, 9.17) is 8.53 Å². The summed E-state index contributed by atoms with van der Waals surface area (Å²) >= 11 is 0. The van der Waals surface area contributed by atoms with E-state index in [9.17, 15) is 4.79 Å². The van der Waals surface area contributed by atoms with Gasteiger partial charge in [-0.3, -0.25) is 4.79 Å². The molecule has 0 amide bonds. The second-order valence-electron chi connectivity index (χ2n) is 3.41. The fourth-order valence-corrected chi connectivity index (χ4v) is 1.38. The minimum atomic E-state index is -2.47. The van der Waals surface area contributed by atoms with Crippen LogP contribution < -0.4 is 0 Å². The van der Waals surface area contributed by atoms with Crippen molar-refractivity contribution in [1.82, 2.24) is 4.98 Å². The third-order valence-corrected chi connectivity index (χ3v) is 2.26. The highest BCUT2D eigenvalue weighted by atomic mass is 16.5. The highest BCUT2D eigenvalue weighted by molar-refractivity contribution is 5.72. The number of carbonyl (C=O) groups is 1. The molecule has 0 radical (unpaired) electrons. The number of carbonyl (C=O) groups excluding carboxylic acids is 1. The molecule has 2 rings (SSSR count). The Labute approximate surface area is 103 Å². The summed E-state index contributed by atoms with van der Waals surface area (Å²) in [4.78, 5) is 15.4. The SMILES string of the molecule is [2H]C([2H])([2H])c1oc(-c2ccccc2)nc1CC(=O)OC. The fraction of sp³-hybridized carbons (Fsp3) is 0.231. The normalized spacial score (nSPS) is 13.6. The summed E-state index contributed by atoms with van der Waals surface area (Å²) in [5.41, 5.74) is 0.727. The van der Waals surface area contributed by atoms with Gasteiger partial charge < -0.3 is 9.15 Å². The molecule has 0 unspecified atom stereocenters. The van der Waals surface area contributed by atoms with Gasteiger partial charge in [-0.25, -0.2) is 4.98 Å². The first-order valence-electron chi connectivity index (χ1n) is 6.54. The number of benzene rings is 1. The average Bonchev–Trinajstić information content (AvgIpc) is 2.83.